The predicted molar refractivity (Wildman–Crippen MR) is 109 cm³/mol. The molecule has 2 aromatic carbocycles. The van der Waals surface area contributed by atoms with Gasteiger partial charge in [-0.3, -0.25) is 4.79 Å². The first-order valence-electron chi connectivity index (χ1n) is 8.94. The molecule has 0 fully saturated rings. The van der Waals surface area contributed by atoms with Crippen LogP contribution in [0, 0.1) is 0 Å². The molecule has 3 aromatic rings. The van der Waals surface area contributed by atoms with Gasteiger partial charge in [0.15, 0.2) is 5.71 Å². The summed E-state index contributed by atoms with van der Waals surface area (Å²) in [6, 6.07) is 20.1. The van der Waals surface area contributed by atoms with Crippen LogP contribution in [0.4, 0.5) is 0 Å². The van der Waals surface area contributed by atoms with Gasteiger partial charge in [-0.2, -0.15) is 0 Å². The fraction of sp³-hybridized carbons (Fsp3) is 0.136. The topological polar surface area (TPSA) is 82.0 Å². The summed E-state index contributed by atoms with van der Waals surface area (Å²) in [6.45, 7) is 0.352. The minimum atomic E-state index is -0.375. The van der Waals surface area contributed by atoms with Gasteiger partial charge in [0.1, 0.15) is 25.2 Å². The van der Waals surface area contributed by atoms with Crippen molar-refractivity contribution in [3.05, 3.63) is 84.1 Å². The number of hydrogen-bond donors (Lipinski definition) is 1. The fourth-order valence-electron chi connectivity index (χ4n) is 2.59. The van der Waals surface area contributed by atoms with E-state index >= 15 is 0 Å². The normalized spacial score (nSPS) is 10.9. The van der Waals surface area contributed by atoms with Gasteiger partial charge < -0.3 is 19.6 Å². The van der Waals surface area contributed by atoms with Crippen molar-refractivity contribution in [2.75, 3.05) is 14.2 Å². The van der Waals surface area contributed by atoms with Gasteiger partial charge in [-0.25, -0.2) is 4.98 Å². The lowest BCUT2D eigenvalue weighted by Crippen LogP contribution is -2.28. The maximum Gasteiger partial charge on any atom is 0.273 e. The van der Waals surface area contributed by atoms with Gasteiger partial charge in [-0.15, -0.1) is 0 Å². The number of para-hydroxylation sites is 1. The predicted octanol–water partition coefficient (Wildman–Crippen LogP) is 3.55. The van der Waals surface area contributed by atoms with E-state index in [-0.39, 0.29) is 11.6 Å². The van der Waals surface area contributed by atoms with Crippen molar-refractivity contribution in [3.8, 4) is 17.4 Å². The van der Waals surface area contributed by atoms with Crippen molar-refractivity contribution in [2.45, 2.75) is 6.61 Å². The fourth-order valence-corrected chi connectivity index (χ4v) is 2.59. The number of nitrogens with zero attached hydrogens (tertiary/aromatic N) is 2. The molecule has 0 unspecified atom stereocenters. The molecule has 0 aliphatic heterocycles. The van der Waals surface area contributed by atoms with Crippen LogP contribution in [-0.4, -0.2) is 30.8 Å². The summed E-state index contributed by atoms with van der Waals surface area (Å²) in [5.74, 6) is 1.26. The zero-order chi connectivity index (χ0) is 20.5. The van der Waals surface area contributed by atoms with E-state index in [9.17, 15) is 4.79 Å². The molecular formula is C22H21N3O4. The number of hydrogen-bond acceptors (Lipinski definition) is 6. The number of carbonyl (C=O) groups excluding carboxylic acids is 1. The Labute approximate surface area is 168 Å². The lowest BCUT2D eigenvalue weighted by atomic mass is 10.1. The minimum Gasteiger partial charge on any atom is -0.473 e. The van der Waals surface area contributed by atoms with E-state index in [1.807, 2.05) is 42.5 Å². The number of benzene rings is 2. The molecule has 0 spiro atoms. The summed E-state index contributed by atoms with van der Waals surface area (Å²) in [4.78, 5) is 21.2. The summed E-state index contributed by atoms with van der Waals surface area (Å²) in [7, 11) is 2.92. The average molecular weight is 391 g/mol. The molecule has 7 nitrogen and oxygen atoms in total. The van der Waals surface area contributed by atoms with Crippen LogP contribution >= 0.6 is 0 Å². The zero-order valence-corrected chi connectivity index (χ0v) is 16.2. The number of ether oxygens (including phenoxy) is 2. The maximum atomic E-state index is 12.2. The Morgan fingerprint density at radius 3 is 2.66 bits per heavy atom. The van der Waals surface area contributed by atoms with Crippen molar-refractivity contribution >= 4 is 11.6 Å². The molecule has 0 saturated carbocycles. The molecule has 0 radical (unpaired) electrons. The van der Waals surface area contributed by atoms with Gasteiger partial charge in [0.2, 0.25) is 5.88 Å². The highest BCUT2D eigenvalue weighted by atomic mass is 16.6. The van der Waals surface area contributed by atoms with E-state index in [1.165, 1.54) is 14.2 Å². The van der Waals surface area contributed by atoms with E-state index in [4.69, 9.17) is 14.3 Å². The molecule has 1 N–H and O–H groups in total. The van der Waals surface area contributed by atoms with Gasteiger partial charge in [0, 0.05) is 19.3 Å². The van der Waals surface area contributed by atoms with E-state index < -0.39 is 0 Å². The van der Waals surface area contributed by atoms with Crippen LogP contribution in [0.3, 0.4) is 0 Å². The Bertz CT molecular complexity index is 990. The van der Waals surface area contributed by atoms with Crippen LogP contribution in [0.5, 0.6) is 17.4 Å². The second kappa shape index (κ2) is 9.89. The highest BCUT2D eigenvalue weighted by molar-refractivity contribution is 6.45. The van der Waals surface area contributed by atoms with Crippen LogP contribution in [-0.2, 0) is 16.2 Å². The lowest BCUT2D eigenvalue weighted by Gasteiger charge is -2.13. The monoisotopic (exact) mass is 391 g/mol. The number of oxime groups is 1. The molecule has 0 aliphatic rings. The maximum absolute atomic E-state index is 12.2. The second-order valence-electron chi connectivity index (χ2n) is 5.90. The summed E-state index contributed by atoms with van der Waals surface area (Å²) >= 11 is 0. The van der Waals surface area contributed by atoms with Gasteiger partial charge in [-0.05, 0) is 35.9 Å². The second-order valence-corrected chi connectivity index (χ2v) is 5.90. The minimum absolute atomic E-state index is 0.125. The molecule has 0 saturated heterocycles. The standard InChI is InChI=1S/C22H21N3O4/c1-23-22(26)21(25-27-2)18-10-3-4-11-19(18)29-17-9-7-8-16(14-17)15-28-20-12-5-6-13-24-20/h3-14H,15H2,1-2H3,(H,23,26)/b25-21+. The molecule has 1 amide bonds. The molecular weight excluding hydrogens is 370 g/mol. The van der Waals surface area contributed by atoms with Gasteiger partial charge >= 0.3 is 0 Å². The molecule has 0 aliphatic carbocycles. The van der Waals surface area contributed by atoms with Crippen molar-refractivity contribution in [1.82, 2.24) is 10.3 Å². The van der Waals surface area contributed by atoms with Crippen molar-refractivity contribution < 1.29 is 19.1 Å². The number of likely N-dealkylation sites (N-methyl/N-ethyl adjacent to an activating group) is 1. The lowest BCUT2D eigenvalue weighted by molar-refractivity contribution is -0.114. The molecule has 3 rings (SSSR count). The molecule has 7 heteroatoms. The summed E-state index contributed by atoms with van der Waals surface area (Å²) in [5, 5.41) is 6.40. The number of rotatable bonds is 8. The Morgan fingerprint density at radius 2 is 1.90 bits per heavy atom. The van der Waals surface area contributed by atoms with Crippen LogP contribution in [0.25, 0.3) is 0 Å². The van der Waals surface area contributed by atoms with Crippen LogP contribution in [0.1, 0.15) is 11.1 Å². The first kappa shape index (κ1) is 19.9. The summed E-state index contributed by atoms with van der Waals surface area (Å²) in [5.41, 5.74) is 1.56. The van der Waals surface area contributed by atoms with Crippen molar-refractivity contribution in [2.24, 2.45) is 5.16 Å². The van der Waals surface area contributed by atoms with E-state index in [1.54, 1.807) is 30.5 Å². The van der Waals surface area contributed by atoms with Crippen molar-refractivity contribution in [1.29, 1.82) is 0 Å². The third-order valence-electron chi connectivity index (χ3n) is 3.92. The molecule has 0 bridgehead atoms. The van der Waals surface area contributed by atoms with Crippen LogP contribution in [0.15, 0.2) is 78.1 Å². The molecule has 1 aromatic heterocycles. The van der Waals surface area contributed by atoms with Crippen LogP contribution in [0.2, 0.25) is 0 Å². The van der Waals surface area contributed by atoms with Gasteiger partial charge in [0.25, 0.3) is 5.91 Å². The average Bonchev–Trinajstić information content (AvgIpc) is 2.77. The Hall–Kier alpha value is -3.87. The first-order valence-corrected chi connectivity index (χ1v) is 8.94. The largest absolute Gasteiger partial charge is 0.473 e. The highest BCUT2D eigenvalue weighted by Gasteiger charge is 2.18. The Balaban J connectivity index is 1.80. The van der Waals surface area contributed by atoms with E-state index in [0.29, 0.717) is 29.5 Å². The number of nitrogens with one attached hydrogen (secondary N) is 1. The smallest absolute Gasteiger partial charge is 0.273 e. The SMILES string of the molecule is CNC(=O)/C(=N/OC)c1ccccc1Oc1cccc(COc2ccccn2)c1. The van der Waals surface area contributed by atoms with E-state index in [0.717, 1.165) is 5.56 Å². The van der Waals surface area contributed by atoms with Crippen LogP contribution < -0.4 is 14.8 Å². The summed E-state index contributed by atoms with van der Waals surface area (Å²) in [6.07, 6.45) is 1.68. The van der Waals surface area contributed by atoms with Gasteiger partial charge in [-0.1, -0.05) is 35.5 Å². The number of amides is 1. The molecule has 1 heterocycles. The Morgan fingerprint density at radius 1 is 1.07 bits per heavy atom. The molecule has 148 valence electrons. The molecule has 0 atom stereocenters. The van der Waals surface area contributed by atoms with E-state index in [2.05, 4.69) is 15.5 Å². The zero-order valence-electron chi connectivity index (χ0n) is 16.2. The third-order valence-corrected chi connectivity index (χ3v) is 3.92. The summed E-state index contributed by atoms with van der Waals surface area (Å²) < 4.78 is 11.7. The first-order chi connectivity index (χ1) is 14.2. The Kier molecular flexibility index (Phi) is 6.78. The third kappa shape index (κ3) is 5.32. The highest BCUT2D eigenvalue weighted by Crippen LogP contribution is 2.27. The van der Waals surface area contributed by atoms with Crippen molar-refractivity contribution in [3.63, 3.8) is 0 Å². The number of pyridine rings is 1. The number of aromatic nitrogens is 1. The van der Waals surface area contributed by atoms with Gasteiger partial charge in [0.05, 0.1) is 5.56 Å². The quantitative estimate of drug-likeness (QED) is 0.469. The molecule has 29 heavy (non-hydrogen) atoms. The number of carbonyl (C=O) groups is 1.